The number of ether oxygens (including phenoxy) is 1. The fourth-order valence-electron chi connectivity index (χ4n) is 5.10. The topological polar surface area (TPSA) is 33.3 Å². The predicted octanol–water partition coefficient (Wildman–Crippen LogP) is 4.61. The van der Waals surface area contributed by atoms with Crippen LogP contribution >= 0.6 is 0 Å². The Kier molecular flexibility index (Phi) is 5.65. The van der Waals surface area contributed by atoms with Crippen LogP contribution in [0.2, 0.25) is 0 Å². The second-order valence-corrected chi connectivity index (χ2v) is 9.47. The molecule has 0 aromatic heterocycles. The van der Waals surface area contributed by atoms with E-state index in [1.165, 1.54) is 16.7 Å². The predicted molar refractivity (Wildman–Crippen MR) is 121 cm³/mol. The minimum absolute atomic E-state index is 0.00167. The van der Waals surface area contributed by atoms with E-state index in [0.717, 1.165) is 32.6 Å². The van der Waals surface area contributed by atoms with Gasteiger partial charge in [0.2, 0.25) is 0 Å². The molecule has 0 spiro atoms. The Morgan fingerprint density at radius 3 is 2.24 bits per heavy atom. The van der Waals surface area contributed by atoms with Crippen LogP contribution in [0.15, 0.2) is 66.7 Å². The molecule has 0 bridgehead atoms. The Morgan fingerprint density at radius 2 is 1.55 bits per heavy atom. The van der Waals surface area contributed by atoms with Crippen molar-refractivity contribution in [1.82, 2.24) is 10.6 Å². The minimum Gasteiger partial charge on any atom is -0.369 e. The van der Waals surface area contributed by atoms with Crippen LogP contribution in [-0.2, 0) is 10.3 Å². The van der Waals surface area contributed by atoms with Gasteiger partial charge in [-0.15, -0.1) is 0 Å². The van der Waals surface area contributed by atoms with Crippen molar-refractivity contribution in [3.8, 4) is 0 Å². The first-order chi connectivity index (χ1) is 14.0. The van der Waals surface area contributed by atoms with Crippen molar-refractivity contribution in [2.24, 2.45) is 10.8 Å². The molecule has 2 aromatic carbocycles. The van der Waals surface area contributed by atoms with Gasteiger partial charge in [-0.25, -0.2) is 0 Å². The number of piperidine rings is 1. The normalized spacial score (nSPS) is 29.3. The zero-order valence-electron chi connectivity index (χ0n) is 18.0. The molecule has 1 saturated heterocycles. The van der Waals surface area contributed by atoms with Crippen LogP contribution < -0.4 is 10.6 Å². The maximum atomic E-state index is 7.05. The molecule has 29 heavy (non-hydrogen) atoms. The Labute approximate surface area is 175 Å². The van der Waals surface area contributed by atoms with Gasteiger partial charge in [0, 0.05) is 30.5 Å². The molecule has 154 valence electrons. The van der Waals surface area contributed by atoms with E-state index in [2.05, 4.69) is 98.1 Å². The molecule has 3 nitrogen and oxygen atoms in total. The number of nitrogens with one attached hydrogen (secondary N) is 2. The summed E-state index contributed by atoms with van der Waals surface area (Å²) in [6.07, 6.45) is 3.32. The fourth-order valence-corrected chi connectivity index (χ4v) is 5.10. The molecule has 2 aliphatic heterocycles. The maximum Gasteiger partial charge on any atom is 0.101 e. The Hall–Kier alpha value is -1.94. The molecule has 0 amide bonds. The average molecular weight is 391 g/mol. The van der Waals surface area contributed by atoms with E-state index in [4.69, 9.17) is 4.74 Å². The summed E-state index contributed by atoms with van der Waals surface area (Å²) in [7, 11) is 0. The highest BCUT2D eigenvalue weighted by molar-refractivity contribution is 5.71. The van der Waals surface area contributed by atoms with Crippen LogP contribution in [0.5, 0.6) is 0 Å². The van der Waals surface area contributed by atoms with Gasteiger partial charge >= 0.3 is 0 Å². The second kappa shape index (κ2) is 8.06. The summed E-state index contributed by atoms with van der Waals surface area (Å²) in [5.41, 5.74) is 3.64. The van der Waals surface area contributed by atoms with E-state index < -0.39 is 0 Å². The van der Waals surface area contributed by atoms with E-state index in [1.807, 2.05) is 0 Å². The molecule has 4 rings (SSSR count). The molecule has 2 unspecified atom stereocenters. The van der Waals surface area contributed by atoms with E-state index >= 15 is 0 Å². The van der Waals surface area contributed by atoms with Crippen LogP contribution in [0.25, 0.3) is 5.57 Å². The molecule has 0 saturated carbocycles. The third kappa shape index (κ3) is 3.79. The molecule has 0 aliphatic carbocycles. The lowest BCUT2D eigenvalue weighted by Gasteiger charge is -2.52. The Balaban J connectivity index is 1.67. The van der Waals surface area contributed by atoms with Gasteiger partial charge in [0.15, 0.2) is 0 Å². The first-order valence-corrected chi connectivity index (χ1v) is 10.8. The van der Waals surface area contributed by atoms with Crippen LogP contribution in [-0.4, -0.2) is 32.8 Å². The third-order valence-electron chi connectivity index (χ3n) is 6.89. The van der Waals surface area contributed by atoms with Crippen LogP contribution in [0.4, 0.5) is 0 Å². The summed E-state index contributed by atoms with van der Waals surface area (Å²) in [4.78, 5) is 0. The van der Waals surface area contributed by atoms with Gasteiger partial charge in [0.1, 0.15) is 5.60 Å². The highest BCUT2D eigenvalue weighted by atomic mass is 16.5. The number of rotatable bonds is 5. The molecular formula is C26H34N2O. The molecule has 0 radical (unpaired) electrons. The quantitative estimate of drug-likeness (QED) is 0.782. The first kappa shape index (κ1) is 20.3. The number of benzene rings is 2. The first-order valence-electron chi connectivity index (χ1n) is 10.8. The van der Waals surface area contributed by atoms with Crippen molar-refractivity contribution in [3.63, 3.8) is 0 Å². The van der Waals surface area contributed by atoms with E-state index in [-0.39, 0.29) is 16.4 Å². The van der Waals surface area contributed by atoms with E-state index in [9.17, 15) is 0 Å². The van der Waals surface area contributed by atoms with Crippen molar-refractivity contribution < 1.29 is 4.74 Å². The van der Waals surface area contributed by atoms with Gasteiger partial charge in [-0.2, -0.15) is 0 Å². The fraction of sp³-hybridized carbons (Fsp3) is 0.462. The summed E-state index contributed by atoms with van der Waals surface area (Å²) >= 11 is 0. The molecule has 1 fully saturated rings. The van der Waals surface area contributed by atoms with Gasteiger partial charge in [0.25, 0.3) is 0 Å². The highest BCUT2D eigenvalue weighted by Crippen LogP contribution is 2.49. The van der Waals surface area contributed by atoms with Crippen molar-refractivity contribution >= 4 is 5.57 Å². The van der Waals surface area contributed by atoms with E-state index in [0.29, 0.717) is 6.61 Å². The summed E-state index contributed by atoms with van der Waals surface area (Å²) in [6, 6.07) is 21.6. The average Bonchev–Trinajstić information content (AvgIpc) is 2.74. The Morgan fingerprint density at radius 1 is 0.862 bits per heavy atom. The largest absolute Gasteiger partial charge is 0.369 e. The lowest BCUT2D eigenvalue weighted by atomic mass is 9.66. The molecule has 2 aliphatic rings. The molecule has 2 N–H and O–H groups in total. The van der Waals surface area contributed by atoms with Crippen molar-refractivity contribution in [2.45, 2.75) is 32.8 Å². The summed E-state index contributed by atoms with van der Waals surface area (Å²) in [5.74, 6) is 0. The summed E-state index contributed by atoms with van der Waals surface area (Å²) < 4.78 is 7.05. The van der Waals surface area contributed by atoms with Crippen LogP contribution in [0, 0.1) is 10.8 Å². The lowest BCUT2D eigenvalue weighted by molar-refractivity contribution is -0.160. The highest BCUT2D eigenvalue weighted by Gasteiger charge is 2.50. The molecule has 2 atom stereocenters. The van der Waals surface area contributed by atoms with Crippen molar-refractivity contribution in [2.75, 3.05) is 32.8 Å². The van der Waals surface area contributed by atoms with Gasteiger partial charge < -0.3 is 15.4 Å². The lowest BCUT2D eigenvalue weighted by Crippen LogP contribution is -2.56. The molecular weight excluding hydrogens is 356 g/mol. The summed E-state index contributed by atoms with van der Waals surface area (Å²) in [5, 5.41) is 7.15. The van der Waals surface area contributed by atoms with Gasteiger partial charge in [-0.05, 0) is 29.7 Å². The van der Waals surface area contributed by atoms with Crippen molar-refractivity contribution in [3.05, 3.63) is 77.9 Å². The monoisotopic (exact) mass is 390 g/mol. The van der Waals surface area contributed by atoms with Gasteiger partial charge in [-0.3, -0.25) is 0 Å². The Bertz CT molecular complexity index is 846. The molecule has 2 heterocycles. The zero-order valence-corrected chi connectivity index (χ0v) is 18.0. The molecule has 2 aromatic rings. The van der Waals surface area contributed by atoms with Crippen LogP contribution in [0.1, 0.15) is 38.3 Å². The number of hydrogen-bond donors (Lipinski definition) is 2. The number of hydrogen-bond acceptors (Lipinski definition) is 3. The zero-order chi connectivity index (χ0) is 20.4. The van der Waals surface area contributed by atoms with Crippen LogP contribution in [0.3, 0.4) is 0 Å². The SMILES string of the molecule is CC1(COC2(c3ccccc3)CCNCC2(C)C)CNCC=C1c1ccccc1. The second-order valence-electron chi connectivity index (χ2n) is 9.47. The third-order valence-corrected chi connectivity index (χ3v) is 6.89. The maximum absolute atomic E-state index is 7.05. The van der Waals surface area contributed by atoms with Gasteiger partial charge in [0.05, 0.1) is 6.61 Å². The van der Waals surface area contributed by atoms with E-state index in [1.54, 1.807) is 0 Å². The minimum atomic E-state index is -0.290. The smallest absolute Gasteiger partial charge is 0.101 e. The van der Waals surface area contributed by atoms with Crippen molar-refractivity contribution in [1.29, 1.82) is 0 Å². The standard InChI is InChI=1S/C26H34N2O/c1-24(2)18-28-17-15-26(24,22-12-8-5-9-13-22)29-20-25(3)19-27-16-14-23(25)21-10-6-4-7-11-21/h4-14,27-28H,15-20H2,1-3H3. The van der Waals surface area contributed by atoms with Gasteiger partial charge in [-0.1, -0.05) is 87.5 Å². The molecule has 3 heteroatoms. The summed E-state index contributed by atoms with van der Waals surface area (Å²) in [6.45, 7) is 11.5.